The molecule has 0 atom stereocenters. The summed E-state index contributed by atoms with van der Waals surface area (Å²) in [5, 5.41) is 0. The third-order valence-corrected chi connectivity index (χ3v) is 1.46. The molecule has 0 unspecified atom stereocenters. The molecule has 66 valence electrons. The molecule has 0 saturated carbocycles. The van der Waals surface area contributed by atoms with Crippen LogP contribution in [0.2, 0.25) is 0 Å². The van der Waals surface area contributed by atoms with E-state index in [0.29, 0.717) is 6.42 Å². The fourth-order valence-corrected chi connectivity index (χ4v) is 0.855. The number of carbonyl (C=O) groups excluding carboxylic acids is 1. The zero-order valence-electron chi connectivity index (χ0n) is 7.34. The lowest BCUT2D eigenvalue weighted by Crippen LogP contribution is -1.95. The molecule has 11 heavy (non-hydrogen) atoms. The minimum atomic E-state index is 0.702. The van der Waals surface area contributed by atoms with Gasteiger partial charge in [0.2, 0.25) is 0 Å². The first-order valence-electron chi connectivity index (χ1n) is 4.43. The smallest absolute Gasteiger partial charge is 0.119 e. The van der Waals surface area contributed by atoms with Crippen molar-refractivity contribution in [2.75, 3.05) is 13.2 Å². The normalized spacial score (nSPS) is 9.91. The van der Waals surface area contributed by atoms with Crippen LogP contribution in [0, 0.1) is 0 Å². The van der Waals surface area contributed by atoms with Gasteiger partial charge in [-0.2, -0.15) is 0 Å². The molecule has 0 heterocycles. The predicted octanol–water partition coefficient (Wildman–Crippen LogP) is 2.17. The Labute approximate surface area is 68.9 Å². The van der Waals surface area contributed by atoms with E-state index in [1.54, 1.807) is 0 Å². The Kier molecular flexibility index (Phi) is 9.31. The highest BCUT2D eigenvalue weighted by Gasteiger charge is 1.88. The number of aldehydes is 1. The Morgan fingerprint density at radius 3 is 2.64 bits per heavy atom. The Balaban J connectivity index is 2.74. The van der Waals surface area contributed by atoms with E-state index >= 15 is 0 Å². The van der Waals surface area contributed by atoms with Crippen LogP contribution in [-0.4, -0.2) is 19.5 Å². The third-order valence-electron chi connectivity index (χ3n) is 1.46. The summed E-state index contributed by atoms with van der Waals surface area (Å²) in [4.78, 5) is 9.91. The van der Waals surface area contributed by atoms with Gasteiger partial charge in [0, 0.05) is 19.6 Å². The van der Waals surface area contributed by atoms with Crippen molar-refractivity contribution in [1.82, 2.24) is 0 Å². The van der Waals surface area contributed by atoms with E-state index in [4.69, 9.17) is 4.74 Å². The van der Waals surface area contributed by atoms with Crippen LogP contribution in [0.25, 0.3) is 0 Å². The first kappa shape index (κ1) is 10.6. The molecule has 0 saturated heterocycles. The summed E-state index contributed by atoms with van der Waals surface area (Å²) in [7, 11) is 0. The number of hydrogen-bond acceptors (Lipinski definition) is 2. The van der Waals surface area contributed by atoms with E-state index in [1.165, 1.54) is 0 Å². The van der Waals surface area contributed by atoms with Gasteiger partial charge in [-0.15, -0.1) is 0 Å². The molecule has 0 radical (unpaired) electrons. The monoisotopic (exact) mass is 158 g/mol. The summed E-state index contributed by atoms with van der Waals surface area (Å²) in [6, 6.07) is 0. The SMILES string of the molecule is CCCOCCCCCC=O. The maximum atomic E-state index is 9.91. The van der Waals surface area contributed by atoms with Crippen molar-refractivity contribution in [1.29, 1.82) is 0 Å². The van der Waals surface area contributed by atoms with Gasteiger partial charge in [-0.1, -0.05) is 13.3 Å². The highest BCUT2D eigenvalue weighted by atomic mass is 16.5. The van der Waals surface area contributed by atoms with Crippen LogP contribution in [0.1, 0.15) is 39.0 Å². The molecule has 2 heteroatoms. The van der Waals surface area contributed by atoms with Crippen LogP contribution < -0.4 is 0 Å². The standard InChI is InChI=1S/C9H18O2/c1-2-8-11-9-6-4-3-5-7-10/h7H,2-6,8-9H2,1H3. The lowest BCUT2D eigenvalue weighted by molar-refractivity contribution is -0.107. The third kappa shape index (κ3) is 9.63. The van der Waals surface area contributed by atoms with Crippen molar-refractivity contribution in [2.24, 2.45) is 0 Å². The Morgan fingerprint density at radius 2 is 2.00 bits per heavy atom. The molecule has 0 aliphatic carbocycles. The summed E-state index contributed by atoms with van der Waals surface area (Å²) in [5.41, 5.74) is 0. The molecule has 0 aliphatic heterocycles. The van der Waals surface area contributed by atoms with Gasteiger partial charge in [0.05, 0.1) is 0 Å². The number of unbranched alkanes of at least 4 members (excludes halogenated alkanes) is 3. The van der Waals surface area contributed by atoms with E-state index in [1.807, 2.05) is 0 Å². The lowest BCUT2D eigenvalue weighted by atomic mass is 10.2. The number of carbonyl (C=O) groups is 1. The molecule has 0 aliphatic rings. The second kappa shape index (κ2) is 9.63. The minimum absolute atomic E-state index is 0.702. The van der Waals surface area contributed by atoms with Crippen molar-refractivity contribution < 1.29 is 9.53 Å². The molecule has 0 aromatic rings. The van der Waals surface area contributed by atoms with E-state index in [9.17, 15) is 4.79 Å². The largest absolute Gasteiger partial charge is 0.381 e. The molecule has 0 fully saturated rings. The zero-order chi connectivity index (χ0) is 8.36. The molecule has 0 aromatic carbocycles. The number of hydrogen-bond donors (Lipinski definition) is 0. The summed E-state index contributed by atoms with van der Waals surface area (Å²) in [5.74, 6) is 0. The van der Waals surface area contributed by atoms with E-state index in [0.717, 1.165) is 45.2 Å². The molecule has 0 amide bonds. The topological polar surface area (TPSA) is 26.3 Å². The van der Waals surface area contributed by atoms with Crippen LogP contribution in [-0.2, 0) is 9.53 Å². The van der Waals surface area contributed by atoms with E-state index < -0.39 is 0 Å². The van der Waals surface area contributed by atoms with Crippen LogP contribution in [0.3, 0.4) is 0 Å². The summed E-state index contributed by atoms with van der Waals surface area (Å²) in [6.45, 7) is 3.83. The van der Waals surface area contributed by atoms with Crippen molar-refractivity contribution in [3.8, 4) is 0 Å². The summed E-state index contributed by atoms with van der Waals surface area (Å²) in [6.07, 6.45) is 5.99. The first-order chi connectivity index (χ1) is 5.41. The van der Waals surface area contributed by atoms with Gasteiger partial charge in [0.15, 0.2) is 0 Å². The van der Waals surface area contributed by atoms with Crippen LogP contribution in [0.15, 0.2) is 0 Å². The quantitative estimate of drug-likeness (QED) is 0.400. The van der Waals surface area contributed by atoms with Crippen molar-refractivity contribution in [3.05, 3.63) is 0 Å². The fraction of sp³-hybridized carbons (Fsp3) is 0.889. The molecule has 0 aromatic heterocycles. The first-order valence-corrected chi connectivity index (χ1v) is 4.43. The Hall–Kier alpha value is -0.370. The molecule has 0 spiro atoms. The zero-order valence-corrected chi connectivity index (χ0v) is 7.34. The van der Waals surface area contributed by atoms with Crippen molar-refractivity contribution in [2.45, 2.75) is 39.0 Å². The van der Waals surface area contributed by atoms with Gasteiger partial charge in [0.25, 0.3) is 0 Å². The second-order valence-electron chi connectivity index (χ2n) is 2.63. The van der Waals surface area contributed by atoms with Crippen LogP contribution >= 0.6 is 0 Å². The van der Waals surface area contributed by atoms with Crippen molar-refractivity contribution >= 4 is 6.29 Å². The molecule has 0 bridgehead atoms. The van der Waals surface area contributed by atoms with Gasteiger partial charge in [-0.05, 0) is 19.3 Å². The maximum absolute atomic E-state index is 9.91. The molecule has 0 N–H and O–H groups in total. The minimum Gasteiger partial charge on any atom is -0.381 e. The van der Waals surface area contributed by atoms with Gasteiger partial charge < -0.3 is 9.53 Å². The van der Waals surface area contributed by atoms with Crippen LogP contribution in [0.4, 0.5) is 0 Å². The summed E-state index contributed by atoms with van der Waals surface area (Å²) < 4.78 is 5.27. The summed E-state index contributed by atoms with van der Waals surface area (Å²) >= 11 is 0. The van der Waals surface area contributed by atoms with Crippen molar-refractivity contribution in [3.63, 3.8) is 0 Å². The predicted molar refractivity (Wildman–Crippen MR) is 45.6 cm³/mol. The Bertz CT molecular complexity index is 81.6. The number of ether oxygens (including phenoxy) is 1. The van der Waals surface area contributed by atoms with Gasteiger partial charge in [0.1, 0.15) is 6.29 Å². The average molecular weight is 158 g/mol. The molecule has 2 nitrogen and oxygen atoms in total. The fourth-order valence-electron chi connectivity index (χ4n) is 0.855. The maximum Gasteiger partial charge on any atom is 0.119 e. The Morgan fingerprint density at radius 1 is 1.18 bits per heavy atom. The second-order valence-corrected chi connectivity index (χ2v) is 2.63. The van der Waals surface area contributed by atoms with E-state index in [-0.39, 0.29) is 0 Å². The highest BCUT2D eigenvalue weighted by Crippen LogP contribution is 1.98. The average Bonchev–Trinajstić information content (AvgIpc) is 2.03. The van der Waals surface area contributed by atoms with E-state index in [2.05, 4.69) is 6.92 Å². The number of rotatable bonds is 8. The molecular weight excluding hydrogens is 140 g/mol. The van der Waals surface area contributed by atoms with Crippen LogP contribution in [0.5, 0.6) is 0 Å². The molecule has 0 rings (SSSR count). The van der Waals surface area contributed by atoms with Gasteiger partial charge in [-0.3, -0.25) is 0 Å². The lowest BCUT2D eigenvalue weighted by Gasteiger charge is -2.00. The van der Waals surface area contributed by atoms with Gasteiger partial charge in [-0.25, -0.2) is 0 Å². The highest BCUT2D eigenvalue weighted by molar-refractivity contribution is 5.48. The van der Waals surface area contributed by atoms with Gasteiger partial charge >= 0.3 is 0 Å². The molecular formula is C9H18O2.